The summed E-state index contributed by atoms with van der Waals surface area (Å²) in [5.74, 6) is -0.405. The van der Waals surface area contributed by atoms with Crippen molar-refractivity contribution < 1.29 is 19.1 Å². The molecule has 2 atom stereocenters. The van der Waals surface area contributed by atoms with Gasteiger partial charge in [-0.15, -0.1) is 0 Å². The minimum Gasteiger partial charge on any atom is -0.453 e. The van der Waals surface area contributed by atoms with Gasteiger partial charge < -0.3 is 15.2 Å². The van der Waals surface area contributed by atoms with Gasteiger partial charge in [-0.2, -0.15) is 0 Å². The predicted molar refractivity (Wildman–Crippen MR) is 49.6 cm³/mol. The van der Waals surface area contributed by atoms with Crippen molar-refractivity contribution in [3.05, 3.63) is 0 Å². The Hall–Kier alpha value is -1.14. The maximum Gasteiger partial charge on any atom is 0.408 e. The Labute approximate surface area is 82.7 Å². The Bertz CT molecular complexity index is 231. The maximum absolute atomic E-state index is 11.2. The van der Waals surface area contributed by atoms with Crippen LogP contribution >= 0.6 is 0 Å². The van der Waals surface area contributed by atoms with Crippen LogP contribution in [0, 0.1) is 0 Å². The number of carbonyl (C=O) groups excluding carboxylic acids is 2. The quantitative estimate of drug-likeness (QED) is 0.609. The fraction of sp³-hybridized carbons (Fsp3) is 0.750. The van der Waals surface area contributed by atoms with Gasteiger partial charge in [-0.05, 0) is 13.8 Å². The Morgan fingerprint density at radius 1 is 1.43 bits per heavy atom. The number of carbonyl (C=O) groups is 2. The van der Waals surface area contributed by atoms with Crippen molar-refractivity contribution >= 4 is 11.9 Å². The molecule has 6 heteroatoms. The predicted octanol–water partition coefficient (Wildman–Crippen LogP) is -0.379. The number of nitrogens with two attached hydrogens (primary N) is 1. The molecule has 0 heterocycles. The Balaban J connectivity index is 4.72. The summed E-state index contributed by atoms with van der Waals surface area (Å²) in [5.41, 5.74) is 4.13. The second-order valence-corrected chi connectivity index (χ2v) is 2.92. The van der Waals surface area contributed by atoms with Crippen molar-refractivity contribution in [3.8, 4) is 0 Å². The largest absolute Gasteiger partial charge is 0.453 e. The molecule has 1 amide bonds. The number of hydrogen-bond donors (Lipinski definition) is 2. The SMILES string of the molecule is COC(=O)N[C@](N)(C(C)=O)C(C)OC. The number of nitrogens with one attached hydrogen (secondary N) is 1. The molecule has 0 aromatic rings. The minimum absolute atomic E-state index is 0.405. The van der Waals surface area contributed by atoms with Crippen LogP contribution in [0.5, 0.6) is 0 Å². The molecule has 0 aliphatic heterocycles. The Morgan fingerprint density at radius 2 is 1.93 bits per heavy atom. The van der Waals surface area contributed by atoms with Gasteiger partial charge in [0.15, 0.2) is 11.4 Å². The van der Waals surface area contributed by atoms with Crippen LogP contribution < -0.4 is 11.1 Å². The number of amides is 1. The molecule has 0 spiro atoms. The number of ether oxygens (including phenoxy) is 2. The van der Waals surface area contributed by atoms with Gasteiger partial charge in [-0.1, -0.05) is 0 Å². The lowest BCUT2D eigenvalue weighted by Gasteiger charge is -2.31. The second kappa shape index (κ2) is 4.92. The first kappa shape index (κ1) is 12.9. The lowest BCUT2D eigenvalue weighted by Crippen LogP contribution is -2.67. The summed E-state index contributed by atoms with van der Waals surface area (Å²) in [5, 5.41) is 2.24. The van der Waals surface area contributed by atoms with Crippen molar-refractivity contribution in [1.82, 2.24) is 5.32 Å². The van der Waals surface area contributed by atoms with Crippen LogP contribution in [-0.2, 0) is 14.3 Å². The monoisotopic (exact) mass is 204 g/mol. The van der Waals surface area contributed by atoms with E-state index in [0.717, 1.165) is 0 Å². The van der Waals surface area contributed by atoms with E-state index in [1.165, 1.54) is 21.1 Å². The third kappa shape index (κ3) is 2.68. The molecule has 0 aromatic carbocycles. The lowest BCUT2D eigenvalue weighted by molar-refractivity contribution is -0.128. The van der Waals surface area contributed by atoms with Gasteiger partial charge in [-0.3, -0.25) is 10.1 Å². The Kier molecular flexibility index (Phi) is 4.52. The highest BCUT2D eigenvalue weighted by atomic mass is 16.5. The van der Waals surface area contributed by atoms with Crippen LogP contribution in [0.15, 0.2) is 0 Å². The normalized spacial score (nSPS) is 16.6. The van der Waals surface area contributed by atoms with Crippen LogP contribution in [0.25, 0.3) is 0 Å². The summed E-state index contributed by atoms with van der Waals surface area (Å²) in [6.45, 7) is 2.85. The lowest BCUT2D eigenvalue weighted by atomic mass is 10.0. The number of ketones is 1. The van der Waals surface area contributed by atoms with E-state index in [9.17, 15) is 9.59 Å². The molecular weight excluding hydrogens is 188 g/mol. The number of alkyl carbamates (subject to hydrolysis) is 1. The van der Waals surface area contributed by atoms with E-state index in [0.29, 0.717) is 0 Å². The van der Waals surface area contributed by atoms with E-state index in [1.807, 2.05) is 0 Å². The number of rotatable bonds is 4. The number of methoxy groups -OCH3 is 2. The van der Waals surface area contributed by atoms with E-state index < -0.39 is 23.6 Å². The third-order valence-electron chi connectivity index (χ3n) is 2.07. The maximum atomic E-state index is 11.2. The first-order valence-electron chi connectivity index (χ1n) is 4.07. The molecule has 0 rings (SSSR count). The fourth-order valence-electron chi connectivity index (χ4n) is 0.882. The summed E-state index contributed by atoms with van der Waals surface area (Å²) in [7, 11) is 2.58. The second-order valence-electron chi connectivity index (χ2n) is 2.92. The van der Waals surface area contributed by atoms with E-state index >= 15 is 0 Å². The molecule has 6 nitrogen and oxygen atoms in total. The van der Waals surface area contributed by atoms with E-state index in [-0.39, 0.29) is 0 Å². The third-order valence-corrected chi connectivity index (χ3v) is 2.07. The van der Waals surface area contributed by atoms with Gasteiger partial charge in [-0.25, -0.2) is 4.79 Å². The molecule has 0 aliphatic carbocycles. The van der Waals surface area contributed by atoms with Crippen molar-refractivity contribution in [1.29, 1.82) is 0 Å². The summed E-state index contributed by atoms with van der Waals surface area (Å²) in [6.07, 6.45) is -1.41. The molecule has 0 radical (unpaired) electrons. The molecule has 0 saturated carbocycles. The minimum atomic E-state index is -1.55. The molecule has 1 unspecified atom stereocenters. The van der Waals surface area contributed by atoms with Gasteiger partial charge in [0.1, 0.15) is 0 Å². The summed E-state index contributed by atoms with van der Waals surface area (Å²) in [6, 6.07) is 0. The molecule has 3 N–H and O–H groups in total. The van der Waals surface area contributed by atoms with Crippen molar-refractivity contribution in [2.24, 2.45) is 5.73 Å². The van der Waals surface area contributed by atoms with Gasteiger partial charge in [0.25, 0.3) is 0 Å². The van der Waals surface area contributed by atoms with Crippen molar-refractivity contribution in [2.45, 2.75) is 25.6 Å². The molecular formula is C8H16N2O4. The zero-order valence-corrected chi connectivity index (χ0v) is 8.79. The summed E-state index contributed by atoms with van der Waals surface area (Å²) < 4.78 is 9.26. The molecule has 0 bridgehead atoms. The number of hydrogen-bond acceptors (Lipinski definition) is 5. The Morgan fingerprint density at radius 3 is 2.21 bits per heavy atom. The molecule has 0 fully saturated rings. The van der Waals surface area contributed by atoms with Gasteiger partial charge in [0, 0.05) is 7.11 Å². The zero-order chi connectivity index (χ0) is 11.4. The van der Waals surface area contributed by atoms with Gasteiger partial charge >= 0.3 is 6.09 Å². The molecule has 0 saturated heterocycles. The van der Waals surface area contributed by atoms with Crippen molar-refractivity contribution in [3.63, 3.8) is 0 Å². The van der Waals surface area contributed by atoms with Crippen molar-refractivity contribution in [2.75, 3.05) is 14.2 Å². The fourth-order valence-corrected chi connectivity index (χ4v) is 0.882. The summed E-state index contributed by atoms with van der Waals surface area (Å²) in [4.78, 5) is 22.2. The van der Waals surface area contributed by atoms with E-state index in [4.69, 9.17) is 10.5 Å². The highest BCUT2D eigenvalue weighted by molar-refractivity contribution is 5.89. The van der Waals surface area contributed by atoms with Crippen LogP contribution in [0.4, 0.5) is 4.79 Å². The van der Waals surface area contributed by atoms with Crippen LogP contribution in [0.3, 0.4) is 0 Å². The smallest absolute Gasteiger partial charge is 0.408 e. The van der Waals surface area contributed by atoms with Gasteiger partial charge in [0.05, 0.1) is 13.2 Å². The first-order chi connectivity index (χ1) is 6.38. The first-order valence-corrected chi connectivity index (χ1v) is 4.07. The molecule has 0 aromatic heterocycles. The summed E-state index contributed by atoms with van der Waals surface area (Å²) >= 11 is 0. The standard InChI is InChI=1S/C8H16N2O4/c1-5(11)8(9,6(2)13-3)10-7(12)14-4/h6H,9H2,1-4H3,(H,10,12)/t6?,8-/m1/s1. The van der Waals surface area contributed by atoms with E-state index in [1.54, 1.807) is 6.92 Å². The average Bonchev–Trinajstić information content (AvgIpc) is 2.15. The van der Waals surface area contributed by atoms with Gasteiger partial charge in [0.2, 0.25) is 0 Å². The van der Waals surface area contributed by atoms with Crippen LogP contribution in [-0.4, -0.2) is 37.9 Å². The van der Waals surface area contributed by atoms with E-state index in [2.05, 4.69) is 10.1 Å². The highest BCUT2D eigenvalue weighted by Gasteiger charge is 2.39. The topological polar surface area (TPSA) is 90.6 Å². The zero-order valence-electron chi connectivity index (χ0n) is 8.79. The average molecular weight is 204 g/mol. The van der Waals surface area contributed by atoms with Crippen LogP contribution in [0.2, 0.25) is 0 Å². The highest BCUT2D eigenvalue weighted by Crippen LogP contribution is 2.08. The molecule has 82 valence electrons. The number of Topliss-reactive ketones (excluding diaryl/α,β-unsaturated/α-hetero) is 1. The molecule has 14 heavy (non-hydrogen) atoms. The van der Waals surface area contributed by atoms with Crippen LogP contribution in [0.1, 0.15) is 13.8 Å². The molecule has 0 aliphatic rings.